The highest BCUT2D eigenvalue weighted by Gasteiger charge is 2.72. The van der Waals surface area contributed by atoms with Crippen LogP contribution in [-0.4, -0.2) is 73.3 Å². The normalized spacial score (nSPS) is 16.0. The van der Waals surface area contributed by atoms with E-state index in [9.17, 15) is 45.4 Å². The number of hydrogen-bond acceptors (Lipinski definition) is 5. The SMILES string of the molecule is CCNc1cc(C(=O)N[C@@H](Cc2ccccc2)[C@H](O)CNCC(F)(F)C(F)(F)C(F)(F)F)cc(N2CCCC2=O)c1. The Morgan fingerprint density at radius 1 is 1.05 bits per heavy atom. The predicted octanol–water partition coefficient (Wildman–Crippen LogP) is 4.37. The number of benzene rings is 2. The van der Waals surface area contributed by atoms with Crippen molar-refractivity contribution < 1.29 is 45.4 Å². The van der Waals surface area contributed by atoms with Gasteiger partial charge in [-0.3, -0.25) is 9.59 Å². The minimum Gasteiger partial charge on any atom is -0.390 e. The van der Waals surface area contributed by atoms with E-state index < -0.39 is 49.2 Å². The van der Waals surface area contributed by atoms with Crippen LogP contribution in [0.4, 0.5) is 42.1 Å². The van der Waals surface area contributed by atoms with E-state index in [1.807, 2.05) is 6.92 Å². The summed E-state index contributed by atoms with van der Waals surface area (Å²) in [5, 5.41) is 18.2. The van der Waals surface area contributed by atoms with Crippen LogP contribution in [0, 0.1) is 0 Å². The van der Waals surface area contributed by atoms with E-state index >= 15 is 0 Å². The van der Waals surface area contributed by atoms with Crippen molar-refractivity contribution in [2.24, 2.45) is 0 Å². The van der Waals surface area contributed by atoms with Gasteiger partial charge in [-0.25, -0.2) is 0 Å². The Hall–Kier alpha value is -3.39. The quantitative estimate of drug-likeness (QED) is 0.260. The second kappa shape index (κ2) is 13.1. The highest BCUT2D eigenvalue weighted by Crippen LogP contribution is 2.46. The van der Waals surface area contributed by atoms with E-state index in [4.69, 9.17) is 0 Å². The summed E-state index contributed by atoms with van der Waals surface area (Å²) in [6.45, 7) is -0.0838. The van der Waals surface area contributed by atoms with Gasteiger partial charge in [-0.1, -0.05) is 30.3 Å². The molecule has 0 aromatic heterocycles. The van der Waals surface area contributed by atoms with Crippen molar-refractivity contribution in [3.63, 3.8) is 0 Å². The average Bonchev–Trinajstić information content (AvgIpc) is 3.33. The van der Waals surface area contributed by atoms with Crippen molar-refractivity contribution in [3.8, 4) is 0 Å². The number of alkyl halides is 7. The van der Waals surface area contributed by atoms with E-state index in [1.165, 1.54) is 17.0 Å². The molecule has 0 spiro atoms. The monoisotopic (exact) mass is 592 g/mol. The minimum atomic E-state index is -6.47. The summed E-state index contributed by atoms with van der Waals surface area (Å²) in [6, 6.07) is 12.0. The molecule has 0 bridgehead atoms. The molecule has 1 fully saturated rings. The Kier molecular flexibility index (Phi) is 10.2. The van der Waals surface area contributed by atoms with Gasteiger partial charge < -0.3 is 26.0 Å². The van der Waals surface area contributed by atoms with Crippen molar-refractivity contribution in [1.29, 1.82) is 0 Å². The lowest BCUT2D eigenvalue weighted by Crippen LogP contribution is -2.57. The molecule has 14 heteroatoms. The van der Waals surface area contributed by atoms with Gasteiger partial charge in [0, 0.05) is 43.0 Å². The van der Waals surface area contributed by atoms with Crippen LogP contribution in [0.15, 0.2) is 48.5 Å². The Labute approximate surface area is 232 Å². The fourth-order valence-corrected chi connectivity index (χ4v) is 4.37. The van der Waals surface area contributed by atoms with Gasteiger partial charge in [0.1, 0.15) is 0 Å². The number of carbonyl (C=O) groups is 2. The lowest BCUT2D eigenvalue weighted by Gasteiger charge is -2.29. The third kappa shape index (κ3) is 7.88. The number of rotatable bonds is 13. The van der Waals surface area contributed by atoms with E-state index in [2.05, 4.69) is 10.6 Å². The van der Waals surface area contributed by atoms with Crippen molar-refractivity contribution in [1.82, 2.24) is 10.6 Å². The zero-order valence-corrected chi connectivity index (χ0v) is 22.1. The zero-order valence-electron chi connectivity index (χ0n) is 22.1. The lowest BCUT2D eigenvalue weighted by atomic mass is 10.00. The highest BCUT2D eigenvalue weighted by atomic mass is 19.4. The van der Waals surface area contributed by atoms with E-state index in [1.54, 1.807) is 41.7 Å². The topological polar surface area (TPSA) is 93.7 Å². The molecular formula is C27H31F7N4O3. The zero-order chi connectivity index (χ0) is 30.4. The summed E-state index contributed by atoms with van der Waals surface area (Å²) in [5.41, 5.74) is 1.76. The Morgan fingerprint density at radius 2 is 1.73 bits per heavy atom. The average molecular weight is 593 g/mol. The smallest absolute Gasteiger partial charge is 0.390 e. The van der Waals surface area contributed by atoms with Gasteiger partial charge in [0.25, 0.3) is 5.91 Å². The molecule has 2 aromatic rings. The second-order valence-electron chi connectivity index (χ2n) is 9.69. The first kappa shape index (κ1) is 32.1. The maximum Gasteiger partial charge on any atom is 0.459 e. The molecule has 1 aliphatic heterocycles. The highest BCUT2D eigenvalue weighted by molar-refractivity contribution is 6.00. The van der Waals surface area contributed by atoms with Crippen LogP contribution in [0.25, 0.3) is 0 Å². The van der Waals surface area contributed by atoms with Gasteiger partial charge in [0.15, 0.2) is 0 Å². The number of aliphatic hydroxyl groups excluding tert-OH is 1. The molecule has 2 amide bonds. The first-order valence-corrected chi connectivity index (χ1v) is 12.9. The van der Waals surface area contributed by atoms with Crippen LogP contribution in [0.1, 0.15) is 35.7 Å². The van der Waals surface area contributed by atoms with Gasteiger partial charge >= 0.3 is 18.0 Å². The third-order valence-electron chi connectivity index (χ3n) is 6.54. The number of nitrogens with zero attached hydrogens (tertiary/aromatic N) is 1. The molecule has 1 heterocycles. The van der Waals surface area contributed by atoms with Crippen LogP contribution in [0.5, 0.6) is 0 Å². The molecule has 2 aromatic carbocycles. The summed E-state index contributed by atoms with van der Waals surface area (Å²) in [7, 11) is 0. The van der Waals surface area contributed by atoms with Crippen molar-refractivity contribution in [2.45, 2.75) is 56.4 Å². The summed E-state index contributed by atoms with van der Waals surface area (Å²) < 4.78 is 91.2. The molecular weight excluding hydrogens is 561 g/mol. The summed E-state index contributed by atoms with van der Waals surface area (Å²) in [4.78, 5) is 27.1. The van der Waals surface area contributed by atoms with Crippen LogP contribution >= 0.6 is 0 Å². The molecule has 0 radical (unpaired) electrons. The molecule has 0 saturated carbocycles. The first-order chi connectivity index (χ1) is 19.2. The molecule has 4 N–H and O–H groups in total. The van der Waals surface area contributed by atoms with E-state index in [0.717, 1.165) is 0 Å². The minimum absolute atomic E-state index is 0.0189. The summed E-state index contributed by atoms with van der Waals surface area (Å²) in [5.74, 6) is -12.6. The second-order valence-corrected chi connectivity index (χ2v) is 9.69. The molecule has 0 aliphatic carbocycles. The fourth-order valence-electron chi connectivity index (χ4n) is 4.37. The molecule has 41 heavy (non-hydrogen) atoms. The lowest BCUT2D eigenvalue weighted by molar-refractivity contribution is -0.352. The van der Waals surface area contributed by atoms with E-state index in [-0.39, 0.29) is 17.9 Å². The number of hydrogen-bond donors (Lipinski definition) is 4. The van der Waals surface area contributed by atoms with Gasteiger partial charge in [-0.15, -0.1) is 0 Å². The third-order valence-corrected chi connectivity index (χ3v) is 6.54. The number of carbonyl (C=O) groups excluding carboxylic acids is 2. The number of aliphatic hydroxyl groups is 1. The molecule has 226 valence electrons. The molecule has 1 saturated heterocycles. The Balaban J connectivity index is 1.79. The molecule has 2 atom stereocenters. The maximum absolute atomic E-state index is 13.7. The largest absolute Gasteiger partial charge is 0.459 e. The molecule has 3 rings (SSSR count). The summed E-state index contributed by atoms with van der Waals surface area (Å²) in [6.07, 6.45) is -7.14. The first-order valence-electron chi connectivity index (χ1n) is 12.9. The maximum atomic E-state index is 13.7. The van der Waals surface area contributed by atoms with Crippen molar-refractivity contribution in [2.75, 3.05) is 36.4 Å². The summed E-state index contributed by atoms with van der Waals surface area (Å²) >= 11 is 0. The van der Waals surface area contributed by atoms with Gasteiger partial charge in [-0.2, -0.15) is 30.7 Å². The number of anilines is 2. The number of nitrogens with one attached hydrogen (secondary N) is 3. The van der Waals surface area contributed by atoms with Crippen molar-refractivity contribution in [3.05, 3.63) is 59.7 Å². The predicted molar refractivity (Wildman–Crippen MR) is 138 cm³/mol. The van der Waals surface area contributed by atoms with Gasteiger partial charge in [0.05, 0.1) is 18.7 Å². The molecule has 7 nitrogen and oxygen atoms in total. The van der Waals surface area contributed by atoms with Crippen molar-refractivity contribution >= 4 is 23.2 Å². The van der Waals surface area contributed by atoms with Crippen LogP contribution in [0.3, 0.4) is 0 Å². The number of halogens is 7. The van der Waals surface area contributed by atoms with Crippen LogP contribution in [-0.2, 0) is 11.2 Å². The van der Waals surface area contributed by atoms with Crippen LogP contribution in [0.2, 0.25) is 0 Å². The van der Waals surface area contributed by atoms with E-state index in [0.29, 0.717) is 42.9 Å². The fraction of sp³-hybridized carbons (Fsp3) is 0.481. The Morgan fingerprint density at radius 3 is 2.32 bits per heavy atom. The number of amides is 2. The Bertz CT molecular complexity index is 1200. The van der Waals surface area contributed by atoms with Crippen LogP contribution < -0.4 is 20.9 Å². The molecule has 0 unspecified atom stereocenters. The van der Waals surface area contributed by atoms with Gasteiger partial charge in [0.2, 0.25) is 5.91 Å². The molecule has 1 aliphatic rings. The van der Waals surface area contributed by atoms with Gasteiger partial charge in [-0.05, 0) is 43.5 Å². The standard InChI is InChI=1S/C27H31F7N4O3/c1-2-36-19-12-18(13-20(14-19)38-10-6-9-23(38)40)24(41)37-21(11-17-7-4-3-5-8-17)22(39)15-35-16-25(28,29)26(30,31)27(32,33)34/h3-5,7-8,12-14,21-22,35-36,39H,2,6,9-11,15-16H2,1H3,(H,37,41)/t21-,22+/m0/s1.